The lowest BCUT2D eigenvalue weighted by Crippen LogP contribution is -2.18. The van der Waals surface area contributed by atoms with Crippen LogP contribution < -0.4 is 5.32 Å². The van der Waals surface area contributed by atoms with E-state index in [0.29, 0.717) is 11.3 Å². The van der Waals surface area contributed by atoms with Crippen LogP contribution in [-0.4, -0.2) is 23.1 Å². The van der Waals surface area contributed by atoms with Gasteiger partial charge in [-0.1, -0.05) is 41.4 Å². The summed E-state index contributed by atoms with van der Waals surface area (Å²) in [5.41, 5.74) is 2.75. The van der Waals surface area contributed by atoms with Crippen LogP contribution >= 0.6 is 11.6 Å². The number of halogens is 2. The van der Waals surface area contributed by atoms with E-state index in [-0.39, 0.29) is 41.3 Å². The molecule has 3 rings (SSSR count). The van der Waals surface area contributed by atoms with Crippen LogP contribution in [0.4, 0.5) is 10.1 Å². The monoisotopic (exact) mass is 414 g/mol. The Morgan fingerprint density at radius 3 is 2.38 bits per heavy atom. The Hall–Kier alpha value is -3.12. The summed E-state index contributed by atoms with van der Waals surface area (Å²) in [7, 11) is 0. The van der Waals surface area contributed by atoms with Crippen molar-refractivity contribution in [1.29, 1.82) is 0 Å². The fourth-order valence-corrected chi connectivity index (χ4v) is 3.19. The maximum atomic E-state index is 13.0. The molecule has 1 amide bonds. The molecule has 1 heterocycles. The second kappa shape index (κ2) is 8.92. The van der Waals surface area contributed by atoms with Gasteiger partial charge < -0.3 is 10.1 Å². The number of aromatic nitrogens is 1. The zero-order chi connectivity index (χ0) is 21.0. The summed E-state index contributed by atoms with van der Waals surface area (Å²) in [6.45, 7) is 3.83. The molecule has 150 valence electrons. The van der Waals surface area contributed by atoms with Gasteiger partial charge in [0.2, 0.25) is 5.91 Å². The number of benzene rings is 2. The molecular formula is C22H20ClFN2O3. The van der Waals surface area contributed by atoms with Crippen molar-refractivity contribution >= 4 is 29.2 Å². The number of ether oxygens (including phenoxy) is 1. The van der Waals surface area contributed by atoms with Crippen LogP contribution in [0.3, 0.4) is 0 Å². The highest BCUT2D eigenvalue weighted by Gasteiger charge is 2.24. The van der Waals surface area contributed by atoms with Gasteiger partial charge in [-0.05, 0) is 49.7 Å². The van der Waals surface area contributed by atoms with Gasteiger partial charge in [0.05, 0.1) is 18.7 Å². The number of hydrogen-bond acceptors (Lipinski definition) is 3. The fraction of sp³-hybridized carbons (Fsp3) is 0.182. The first-order valence-corrected chi connectivity index (χ1v) is 9.46. The van der Waals surface area contributed by atoms with E-state index in [1.165, 1.54) is 34.9 Å². The number of esters is 1. The second-order valence-corrected chi connectivity index (χ2v) is 6.86. The van der Waals surface area contributed by atoms with Gasteiger partial charge in [-0.2, -0.15) is 0 Å². The number of nitrogens with zero attached hydrogens (tertiary/aromatic N) is 1. The van der Waals surface area contributed by atoms with Gasteiger partial charge in [0.1, 0.15) is 11.0 Å². The number of carbonyl (C=O) groups is 2. The summed E-state index contributed by atoms with van der Waals surface area (Å²) in [6, 6.07) is 14.6. The van der Waals surface area contributed by atoms with Gasteiger partial charge in [-0.3, -0.25) is 9.36 Å². The van der Waals surface area contributed by atoms with Crippen LogP contribution in [0, 0.1) is 12.7 Å². The molecule has 0 aliphatic heterocycles. The van der Waals surface area contributed by atoms with Crippen molar-refractivity contribution in [3.63, 3.8) is 0 Å². The van der Waals surface area contributed by atoms with Crippen LogP contribution in [0.25, 0.3) is 5.69 Å². The Kier molecular flexibility index (Phi) is 6.34. The lowest BCUT2D eigenvalue weighted by Gasteiger charge is -2.12. The molecule has 0 spiro atoms. The number of rotatable bonds is 6. The predicted molar refractivity (Wildman–Crippen MR) is 110 cm³/mol. The van der Waals surface area contributed by atoms with Crippen LogP contribution in [0.2, 0.25) is 5.15 Å². The molecule has 29 heavy (non-hydrogen) atoms. The van der Waals surface area contributed by atoms with Gasteiger partial charge in [-0.15, -0.1) is 0 Å². The highest BCUT2D eigenvalue weighted by Crippen LogP contribution is 2.30. The van der Waals surface area contributed by atoms with E-state index >= 15 is 0 Å². The van der Waals surface area contributed by atoms with Gasteiger partial charge >= 0.3 is 5.97 Å². The summed E-state index contributed by atoms with van der Waals surface area (Å²) in [6.07, 6.45) is 0.0237. The van der Waals surface area contributed by atoms with Gasteiger partial charge in [0, 0.05) is 5.69 Å². The molecule has 0 radical (unpaired) electrons. The van der Waals surface area contributed by atoms with Crippen LogP contribution in [-0.2, 0) is 16.0 Å². The minimum absolute atomic E-state index is 0.0237. The minimum atomic E-state index is -0.600. The first kappa shape index (κ1) is 20.6. The third kappa shape index (κ3) is 4.84. The lowest BCUT2D eigenvalue weighted by atomic mass is 10.1. The maximum Gasteiger partial charge on any atom is 0.357 e. The summed E-state index contributed by atoms with van der Waals surface area (Å²) in [4.78, 5) is 25.1. The Balaban J connectivity index is 1.94. The molecule has 7 heteroatoms. The molecule has 2 aromatic carbocycles. The normalized spacial score (nSPS) is 10.6. The Labute approximate surface area is 173 Å². The number of hydrogen-bond donors (Lipinski definition) is 1. The van der Waals surface area contributed by atoms with Crippen LogP contribution in [0.1, 0.15) is 28.5 Å². The van der Waals surface area contributed by atoms with E-state index < -0.39 is 5.97 Å². The minimum Gasteiger partial charge on any atom is -0.461 e. The first-order chi connectivity index (χ1) is 13.9. The predicted octanol–water partition coefficient (Wildman–Crippen LogP) is 4.94. The molecule has 0 saturated heterocycles. The third-order valence-corrected chi connectivity index (χ3v) is 4.55. The Morgan fingerprint density at radius 1 is 1.10 bits per heavy atom. The highest BCUT2D eigenvalue weighted by molar-refractivity contribution is 6.31. The Bertz CT molecular complexity index is 1030. The van der Waals surface area contributed by atoms with Gasteiger partial charge in [0.25, 0.3) is 0 Å². The fourth-order valence-electron chi connectivity index (χ4n) is 2.90. The number of nitrogens with one attached hydrogen (secondary N) is 1. The molecule has 0 saturated carbocycles. The summed E-state index contributed by atoms with van der Waals surface area (Å²) >= 11 is 6.39. The van der Waals surface area contributed by atoms with E-state index in [1.54, 1.807) is 6.92 Å². The number of amides is 1. The zero-order valence-corrected chi connectivity index (χ0v) is 16.8. The number of aryl methyl sites for hydroxylation is 1. The molecule has 0 atom stereocenters. The zero-order valence-electron chi connectivity index (χ0n) is 16.0. The molecule has 0 aliphatic carbocycles. The standard InChI is InChI=1S/C22H20ClFN2O3/c1-3-29-22(28)21-18(25-20(27)12-15-6-8-16(24)9-7-15)13-19(23)26(21)17-10-4-14(2)5-11-17/h4-11,13H,3,12H2,1-2H3,(H,25,27). The van der Waals surface area contributed by atoms with Crippen molar-refractivity contribution in [2.24, 2.45) is 0 Å². The molecule has 0 unspecified atom stereocenters. The molecule has 5 nitrogen and oxygen atoms in total. The molecule has 0 aliphatic rings. The summed E-state index contributed by atoms with van der Waals surface area (Å²) in [5, 5.41) is 2.97. The third-order valence-electron chi connectivity index (χ3n) is 4.27. The molecule has 1 aromatic heterocycles. The van der Waals surface area contributed by atoms with E-state index in [4.69, 9.17) is 16.3 Å². The summed E-state index contributed by atoms with van der Waals surface area (Å²) < 4.78 is 19.8. The molecule has 3 aromatic rings. The average molecular weight is 415 g/mol. The van der Waals surface area contributed by atoms with E-state index in [1.807, 2.05) is 31.2 Å². The number of carbonyl (C=O) groups excluding carboxylic acids is 2. The summed E-state index contributed by atoms with van der Waals surface area (Å²) in [5.74, 6) is -1.34. The smallest absolute Gasteiger partial charge is 0.357 e. The topological polar surface area (TPSA) is 60.3 Å². The molecule has 0 fully saturated rings. The van der Waals surface area contributed by atoms with Crippen molar-refractivity contribution in [3.8, 4) is 5.69 Å². The van der Waals surface area contributed by atoms with Crippen LogP contribution in [0.5, 0.6) is 0 Å². The number of anilines is 1. The largest absolute Gasteiger partial charge is 0.461 e. The average Bonchev–Trinajstić information content (AvgIpc) is 3.00. The van der Waals surface area contributed by atoms with Crippen molar-refractivity contribution < 1.29 is 18.7 Å². The quantitative estimate of drug-likeness (QED) is 0.581. The molecule has 1 N–H and O–H groups in total. The van der Waals surface area contributed by atoms with Gasteiger partial charge in [-0.25, -0.2) is 9.18 Å². The van der Waals surface area contributed by atoms with Crippen molar-refractivity contribution in [2.45, 2.75) is 20.3 Å². The van der Waals surface area contributed by atoms with E-state index in [2.05, 4.69) is 5.32 Å². The Morgan fingerprint density at radius 2 is 1.76 bits per heavy atom. The van der Waals surface area contributed by atoms with Crippen LogP contribution in [0.15, 0.2) is 54.6 Å². The van der Waals surface area contributed by atoms with E-state index in [9.17, 15) is 14.0 Å². The molecule has 0 bridgehead atoms. The molecular weight excluding hydrogens is 395 g/mol. The second-order valence-electron chi connectivity index (χ2n) is 6.47. The maximum absolute atomic E-state index is 13.0. The lowest BCUT2D eigenvalue weighted by molar-refractivity contribution is -0.115. The van der Waals surface area contributed by atoms with Crippen molar-refractivity contribution in [3.05, 3.63) is 82.4 Å². The SMILES string of the molecule is CCOC(=O)c1c(NC(=O)Cc2ccc(F)cc2)cc(Cl)n1-c1ccc(C)cc1. The van der Waals surface area contributed by atoms with Crippen molar-refractivity contribution in [2.75, 3.05) is 11.9 Å². The van der Waals surface area contributed by atoms with Crippen molar-refractivity contribution in [1.82, 2.24) is 4.57 Å². The van der Waals surface area contributed by atoms with Gasteiger partial charge in [0.15, 0.2) is 5.69 Å². The van der Waals surface area contributed by atoms with E-state index in [0.717, 1.165) is 5.56 Å². The highest BCUT2D eigenvalue weighted by atomic mass is 35.5. The first-order valence-electron chi connectivity index (χ1n) is 9.08.